The standard InChI is InChI=1S/C23H42N4O7S3/c1-11(2)20(31)19(13(5)28)27-23(34)17(25-12(3)4)10-37-36-9-16(21(32)14(6)35)26-22(33)15(24)7-8-18(29)30/h11-17,19,25,28,35H,7-10,24H2,1-6H3,(H,26,33)(H,27,34)(H,29,30)/t13-,14?,15+,16+,17+,19+/m1/s1. The van der Waals surface area contributed by atoms with Crippen LogP contribution in [-0.4, -0.2) is 92.6 Å². The van der Waals surface area contributed by atoms with Crippen molar-refractivity contribution in [3.63, 3.8) is 0 Å². The Balaban J connectivity index is 5.18. The van der Waals surface area contributed by atoms with Crippen LogP contribution in [0.4, 0.5) is 0 Å². The fourth-order valence-electron chi connectivity index (χ4n) is 3.05. The number of aliphatic hydroxyl groups is 1. The Bertz CT molecular complexity index is 781. The van der Waals surface area contributed by atoms with Crippen molar-refractivity contribution in [1.82, 2.24) is 16.0 Å². The summed E-state index contributed by atoms with van der Waals surface area (Å²) in [7, 11) is 2.56. The van der Waals surface area contributed by atoms with Gasteiger partial charge in [-0.1, -0.05) is 49.3 Å². The third kappa shape index (κ3) is 14.4. The molecule has 14 heteroatoms. The third-order valence-electron chi connectivity index (χ3n) is 5.14. The number of nitrogens with two attached hydrogens (primary N) is 1. The number of carboxylic acid groups (broad SMARTS) is 1. The molecule has 0 aliphatic carbocycles. The van der Waals surface area contributed by atoms with Crippen LogP contribution in [-0.2, 0) is 24.0 Å². The molecule has 7 N–H and O–H groups in total. The highest BCUT2D eigenvalue weighted by Crippen LogP contribution is 2.24. The third-order valence-corrected chi connectivity index (χ3v) is 7.81. The summed E-state index contributed by atoms with van der Waals surface area (Å²) in [5.74, 6) is -2.64. The van der Waals surface area contributed by atoms with Gasteiger partial charge in [0.25, 0.3) is 0 Å². The first-order valence-corrected chi connectivity index (χ1v) is 15.1. The lowest BCUT2D eigenvalue weighted by atomic mass is 9.98. The largest absolute Gasteiger partial charge is 0.481 e. The smallest absolute Gasteiger partial charge is 0.303 e. The quantitative estimate of drug-likeness (QED) is 0.0634. The summed E-state index contributed by atoms with van der Waals surface area (Å²) in [6.45, 7) is 10.2. The maximum Gasteiger partial charge on any atom is 0.303 e. The molecule has 0 aromatic carbocycles. The van der Waals surface area contributed by atoms with E-state index < -0.39 is 53.3 Å². The maximum atomic E-state index is 12.9. The molecular formula is C23H42N4O7S3. The van der Waals surface area contributed by atoms with Crippen LogP contribution in [0.1, 0.15) is 54.4 Å². The molecular weight excluding hydrogens is 540 g/mol. The van der Waals surface area contributed by atoms with Crippen molar-refractivity contribution in [2.24, 2.45) is 11.7 Å². The summed E-state index contributed by atoms with van der Waals surface area (Å²) in [6, 6.07) is -3.73. The number of Topliss-reactive ketones (excluding diaryl/α,β-unsaturated/α-hetero) is 2. The molecule has 0 heterocycles. The molecule has 214 valence electrons. The van der Waals surface area contributed by atoms with Gasteiger partial charge in [0.05, 0.1) is 29.5 Å². The predicted octanol–water partition coefficient (Wildman–Crippen LogP) is 0.389. The molecule has 37 heavy (non-hydrogen) atoms. The monoisotopic (exact) mass is 582 g/mol. The first-order chi connectivity index (χ1) is 17.1. The molecule has 1 unspecified atom stereocenters. The first-order valence-electron chi connectivity index (χ1n) is 12.1. The molecule has 0 saturated carbocycles. The van der Waals surface area contributed by atoms with Crippen molar-refractivity contribution in [3.05, 3.63) is 0 Å². The van der Waals surface area contributed by atoms with Gasteiger partial charge in [-0.3, -0.25) is 24.0 Å². The van der Waals surface area contributed by atoms with Gasteiger partial charge in [0.2, 0.25) is 11.8 Å². The van der Waals surface area contributed by atoms with Gasteiger partial charge in [0, 0.05) is 29.9 Å². The maximum absolute atomic E-state index is 12.9. The van der Waals surface area contributed by atoms with Crippen molar-refractivity contribution < 1.29 is 34.2 Å². The highest BCUT2D eigenvalue weighted by molar-refractivity contribution is 8.76. The van der Waals surface area contributed by atoms with Crippen LogP contribution in [0.2, 0.25) is 0 Å². The molecule has 0 spiro atoms. The molecule has 2 amide bonds. The van der Waals surface area contributed by atoms with Crippen LogP contribution < -0.4 is 21.7 Å². The Morgan fingerprint density at radius 3 is 1.84 bits per heavy atom. The Labute approximate surface area is 232 Å². The zero-order chi connectivity index (χ0) is 28.9. The number of carbonyl (C=O) groups excluding carboxylic acids is 4. The van der Waals surface area contributed by atoms with Crippen LogP contribution in [0.5, 0.6) is 0 Å². The van der Waals surface area contributed by atoms with Crippen molar-refractivity contribution in [3.8, 4) is 0 Å². The van der Waals surface area contributed by atoms with Gasteiger partial charge in [0.1, 0.15) is 6.04 Å². The van der Waals surface area contributed by atoms with E-state index in [9.17, 15) is 29.1 Å². The van der Waals surface area contributed by atoms with E-state index in [0.717, 1.165) is 0 Å². The Morgan fingerprint density at radius 2 is 1.41 bits per heavy atom. The zero-order valence-corrected chi connectivity index (χ0v) is 24.8. The molecule has 6 atom stereocenters. The average Bonchev–Trinajstić information content (AvgIpc) is 2.79. The number of ketones is 2. The van der Waals surface area contributed by atoms with Gasteiger partial charge < -0.3 is 31.9 Å². The molecule has 0 bridgehead atoms. The van der Waals surface area contributed by atoms with Crippen molar-refractivity contribution in [2.75, 3.05) is 11.5 Å². The van der Waals surface area contributed by atoms with Gasteiger partial charge in [-0.15, -0.1) is 0 Å². The highest BCUT2D eigenvalue weighted by Gasteiger charge is 2.31. The molecule has 0 aliphatic heterocycles. The summed E-state index contributed by atoms with van der Waals surface area (Å²) in [4.78, 5) is 61.0. The molecule has 0 saturated heterocycles. The van der Waals surface area contributed by atoms with E-state index in [2.05, 4.69) is 28.6 Å². The number of hydrogen-bond acceptors (Lipinski definition) is 11. The number of aliphatic hydroxyl groups excluding tert-OH is 1. The van der Waals surface area contributed by atoms with Crippen LogP contribution >= 0.6 is 34.2 Å². The van der Waals surface area contributed by atoms with Gasteiger partial charge in [0.15, 0.2) is 11.6 Å². The molecule has 0 aromatic rings. The minimum atomic E-state index is -1.08. The normalized spacial score (nSPS) is 16.4. The lowest BCUT2D eigenvalue weighted by Crippen LogP contribution is -2.56. The fraction of sp³-hybridized carbons (Fsp3) is 0.783. The van der Waals surface area contributed by atoms with Gasteiger partial charge >= 0.3 is 5.97 Å². The first kappa shape index (κ1) is 35.7. The summed E-state index contributed by atoms with van der Waals surface area (Å²) in [5.41, 5.74) is 5.75. The number of aliphatic carboxylic acids is 1. The summed E-state index contributed by atoms with van der Waals surface area (Å²) in [5, 5.41) is 26.5. The van der Waals surface area contributed by atoms with Crippen molar-refractivity contribution in [2.45, 2.75) is 95.9 Å². The van der Waals surface area contributed by atoms with E-state index in [1.807, 2.05) is 13.8 Å². The zero-order valence-electron chi connectivity index (χ0n) is 22.2. The molecule has 0 radical (unpaired) electrons. The number of rotatable bonds is 19. The fourth-order valence-corrected chi connectivity index (χ4v) is 5.59. The lowest BCUT2D eigenvalue weighted by Gasteiger charge is -2.26. The highest BCUT2D eigenvalue weighted by atomic mass is 33.1. The second kappa shape index (κ2) is 18.1. The number of nitrogens with one attached hydrogen (secondary N) is 3. The molecule has 11 nitrogen and oxygen atoms in total. The summed E-state index contributed by atoms with van der Waals surface area (Å²) >= 11 is 4.16. The Morgan fingerprint density at radius 1 is 0.865 bits per heavy atom. The van der Waals surface area contributed by atoms with Crippen LogP contribution in [0, 0.1) is 5.92 Å². The summed E-state index contributed by atoms with van der Waals surface area (Å²) in [6.07, 6.45) is -1.39. The molecule has 0 rings (SSSR count). The number of thiol groups is 1. The minimum Gasteiger partial charge on any atom is -0.481 e. The van der Waals surface area contributed by atoms with E-state index in [1.165, 1.54) is 28.5 Å². The minimum absolute atomic E-state index is 0.0434. The number of carbonyl (C=O) groups is 5. The van der Waals surface area contributed by atoms with E-state index in [-0.39, 0.29) is 47.9 Å². The second-order valence-electron chi connectivity index (χ2n) is 9.41. The van der Waals surface area contributed by atoms with Crippen LogP contribution in [0.3, 0.4) is 0 Å². The lowest BCUT2D eigenvalue weighted by molar-refractivity contribution is -0.137. The number of carboxylic acids is 1. The van der Waals surface area contributed by atoms with E-state index in [1.54, 1.807) is 20.8 Å². The Kier molecular flexibility index (Phi) is 17.4. The molecule has 0 fully saturated rings. The Hall–Kier alpha value is -1.32. The molecule has 0 aliphatic rings. The predicted molar refractivity (Wildman–Crippen MR) is 151 cm³/mol. The van der Waals surface area contributed by atoms with E-state index in [0.29, 0.717) is 0 Å². The number of hydrogen-bond donors (Lipinski definition) is 7. The van der Waals surface area contributed by atoms with Gasteiger partial charge in [-0.05, 0) is 20.3 Å². The topological polar surface area (TPSA) is 188 Å². The average molecular weight is 583 g/mol. The second-order valence-corrected chi connectivity index (χ2v) is 12.7. The van der Waals surface area contributed by atoms with Crippen molar-refractivity contribution in [1.29, 1.82) is 0 Å². The van der Waals surface area contributed by atoms with Crippen LogP contribution in [0.25, 0.3) is 0 Å². The summed E-state index contributed by atoms with van der Waals surface area (Å²) < 4.78 is 0. The van der Waals surface area contributed by atoms with Crippen LogP contribution in [0.15, 0.2) is 0 Å². The van der Waals surface area contributed by atoms with Crippen molar-refractivity contribution >= 4 is 63.6 Å². The molecule has 0 aromatic heterocycles. The van der Waals surface area contributed by atoms with E-state index >= 15 is 0 Å². The van der Waals surface area contributed by atoms with Gasteiger partial charge in [-0.25, -0.2) is 0 Å². The SMILES string of the molecule is CC(C)N[C@@H](CSSC[C@H](NC(=O)[C@@H](N)CCC(=O)O)C(=O)C(C)S)C(=O)N[C@H](C(=O)C(C)C)[C@@H](C)O. The van der Waals surface area contributed by atoms with Gasteiger partial charge in [-0.2, -0.15) is 12.6 Å². The number of amides is 2. The van der Waals surface area contributed by atoms with E-state index in [4.69, 9.17) is 10.8 Å².